The molecule has 2 aliphatic rings. The molecule has 2 aromatic rings. The van der Waals surface area contributed by atoms with Crippen molar-refractivity contribution >= 4 is 34.8 Å². The maximum Gasteiger partial charge on any atom is 0.251 e. The lowest BCUT2D eigenvalue weighted by molar-refractivity contribution is -0.123. The molecule has 152 valence electrons. The van der Waals surface area contributed by atoms with Crippen LogP contribution in [-0.2, 0) is 9.59 Å². The summed E-state index contributed by atoms with van der Waals surface area (Å²) in [7, 11) is 1.67. The molecule has 2 saturated heterocycles. The number of methoxy groups -OCH3 is 1. The fourth-order valence-corrected chi connectivity index (χ4v) is 4.43. The van der Waals surface area contributed by atoms with E-state index in [1.807, 2.05) is 37.3 Å². The molecule has 2 aromatic carbocycles. The van der Waals surface area contributed by atoms with E-state index < -0.39 is 6.04 Å². The molecule has 0 radical (unpaired) electrons. The summed E-state index contributed by atoms with van der Waals surface area (Å²) in [4.78, 5) is 31.3. The zero-order valence-corrected chi connectivity index (χ0v) is 17.4. The molecular formula is C22H24ClN3O3. The number of carbonyl (C=O) groups is 2. The lowest BCUT2D eigenvalue weighted by Gasteiger charge is -2.38. The zero-order valence-electron chi connectivity index (χ0n) is 16.6. The third kappa shape index (κ3) is 3.70. The molecule has 6 nitrogen and oxygen atoms in total. The highest BCUT2D eigenvalue weighted by atomic mass is 35.5. The van der Waals surface area contributed by atoms with Crippen molar-refractivity contribution in [3.63, 3.8) is 0 Å². The Morgan fingerprint density at radius 3 is 2.41 bits per heavy atom. The molecule has 2 aliphatic heterocycles. The van der Waals surface area contributed by atoms with Gasteiger partial charge in [-0.1, -0.05) is 29.8 Å². The van der Waals surface area contributed by atoms with Crippen LogP contribution in [0.1, 0.15) is 12.0 Å². The maximum absolute atomic E-state index is 13.1. The molecule has 2 fully saturated rings. The van der Waals surface area contributed by atoms with Gasteiger partial charge in [0.15, 0.2) is 0 Å². The predicted molar refractivity (Wildman–Crippen MR) is 114 cm³/mol. The Hall–Kier alpha value is -2.57. The van der Waals surface area contributed by atoms with E-state index in [0.717, 1.165) is 30.1 Å². The Labute approximate surface area is 175 Å². The fraction of sp³-hybridized carbons (Fsp3) is 0.364. The number of para-hydroxylation sites is 2. The van der Waals surface area contributed by atoms with Gasteiger partial charge in [0.25, 0.3) is 5.91 Å². The highest BCUT2D eigenvalue weighted by Crippen LogP contribution is 2.33. The quantitative estimate of drug-likeness (QED) is 0.721. The van der Waals surface area contributed by atoms with Gasteiger partial charge in [-0.15, -0.1) is 0 Å². The third-order valence-electron chi connectivity index (χ3n) is 5.65. The van der Waals surface area contributed by atoms with Crippen LogP contribution in [0.4, 0.5) is 11.4 Å². The van der Waals surface area contributed by atoms with E-state index in [1.165, 1.54) is 4.90 Å². The molecule has 7 heteroatoms. The first-order valence-corrected chi connectivity index (χ1v) is 10.1. The van der Waals surface area contributed by atoms with Crippen LogP contribution < -0.4 is 14.5 Å². The van der Waals surface area contributed by atoms with Gasteiger partial charge < -0.3 is 9.64 Å². The van der Waals surface area contributed by atoms with Crippen molar-refractivity contribution in [1.29, 1.82) is 0 Å². The number of benzene rings is 2. The molecule has 2 amide bonds. The molecule has 2 heterocycles. The minimum atomic E-state index is -0.431. The number of hydrogen-bond acceptors (Lipinski definition) is 5. The van der Waals surface area contributed by atoms with Crippen molar-refractivity contribution in [3.8, 4) is 5.75 Å². The van der Waals surface area contributed by atoms with Gasteiger partial charge in [-0.2, -0.15) is 0 Å². The van der Waals surface area contributed by atoms with E-state index in [-0.39, 0.29) is 18.2 Å². The molecule has 4 rings (SSSR count). The number of carbonyl (C=O) groups excluding carboxylic acids is 2. The molecule has 0 aromatic heterocycles. The minimum Gasteiger partial charge on any atom is -0.495 e. The van der Waals surface area contributed by atoms with Crippen molar-refractivity contribution < 1.29 is 14.3 Å². The van der Waals surface area contributed by atoms with Gasteiger partial charge in [0.05, 0.1) is 36.0 Å². The highest BCUT2D eigenvalue weighted by Gasteiger charge is 2.44. The van der Waals surface area contributed by atoms with Crippen LogP contribution in [-0.4, -0.2) is 56.0 Å². The Bertz CT molecular complexity index is 941. The summed E-state index contributed by atoms with van der Waals surface area (Å²) < 4.78 is 5.47. The van der Waals surface area contributed by atoms with E-state index in [2.05, 4.69) is 9.80 Å². The number of anilines is 2. The van der Waals surface area contributed by atoms with E-state index in [9.17, 15) is 9.59 Å². The number of imide groups is 1. The fourth-order valence-electron chi connectivity index (χ4n) is 4.11. The average Bonchev–Trinajstić information content (AvgIpc) is 3.02. The summed E-state index contributed by atoms with van der Waals surface area (Å²) in [5, 5.41) is 0.424. The largest absolute Gasteiger partial charge is 0.495 e. The molecular weight excluding hydrogens is 390 g/mol. The van der Waals surface area contributed by atoms with Gasteiger partial charge in [0, 0.05) is 26.2 Å². The lowest BCUT2D eigenvalue weighted by Crippen LogP contribution is -2.52. The van der Waals surface area contributed by atoms with Gasteiger partial charge in [-0.25, -0.2) is 4.90 Å². The normalized spacial score (nSPS) is 20.4. The van der Waals surface area contributed by atoms with Gasteiger partial charge in [-0.05, 0) is 36.8 Å². The number of nitrogens with zero attached hydrogens (tertiary/aromatic N) is 3. The first-order valence-electron chi connectivity index (χ1n) is 9.74. The van der Waals surface area contributed by atoms with E-state index in [4.69, 9.17) is 16.3 Å². The molecule has 0 saturated carbocycles. The minimum absolute atomic E-state index is 0.188. The van der Waals surface area contributed by atoms with Crippen LogP contribution in [0, 0.1) is 6.92 Å². The van der Waals surface area contributed by atoms with E-state index in [1.54, 1.807) is 19.2 Å². The number of ether oxygens (including phenoxy) is 1. The van der Waals surface area contributed by atoms with Gasteiger partial charge in [0.2, 0.25) is 5.91 Å². The van der Waals surface area contributed by atoms with Crippen LogP contribution in [0.5, 0.6) is 5.75 Å². The van der Waals surface area contributed by atoms with Crippen molar-refractivity contribution in [1.82, 2.24) is 4.90 Å². The Morgan fingerprint density at radius 2 is 1.72 bits per heavy atom. The Balaban J connectivity index is 1.47. The van der Waals surface area contributed by atoms with Gasteiger partial charge in [0.1, 0.15) is 5.75 Å². The number of aryl methyl sites for hydroxylation is 1. The number of amides is 2. The van der Waals surface area contributed by atoms with E-state index >= 15 is 0 Å². The van der Waals surface area contributed by atoms with Crippen LogP contribution in [0.2, 0.25) is 5.02 Å². The molecule has 0 unspecified atom stereocenters. The maximum atomic E-state index is 13.1. The number of piperazine rings is 1. The first kappa shape index (κ1) is 19.7. The molecule has 0 spiro atoms. The third-order valence-corrected chi connectivity index (χ3v) is 5.95. The van der Waals surface area contributed by atoms with Crippen LogP contribution in [0.3, 0.4) is 0 Å². The summed E-state index contributed by atoms with van der Waals surface area (Å²) >= 11 is 6.31. The summed E-state index contributed by atoms with van der Waals surface area (Å²) in [6, 6.07) is 12.9. The molecule has 29 heavy (non-hydrogen) atoms. The van der Waals surface area contributed by atoms with Crippen LogP contribution in [0.15, 0.2) is 42.5 Å². The summed E-state index contributed by atoms with van der Waals surface area (Å²) in [6.07, 6.45) is 0.192. The number of halogens is 1. The van der Waals surface area contributed by atoms with Crippen molar-refractivity contribution in [2.75, 3.05) is 43.1 Å². The summed E-state index contributed by atoms with van der Waals surface area (Å²) in [5.41, 5.74) is 2.51. The standard InChI is InChI=1S/C22H24ClN3O3/c1-15-7-8-17(16(23)13-15)26-21(27)14-19(22(26)28)25-11-9-24(10-12-25)18-5-3-4-6-20(18)29-2/h3-8,13,19H,9-12,14H2,1-2H3/t19-/m1/s1. The van der Waals surface area contributed by atoms with Gasteiger partial charge in [-0.3, -0.25) is 14.5 Å². The van der Waals surface area contributed by atoms with Crippen LogP contribution in [0.25, 0.3) is 0 Å². The predicted octanol–water partition coefficient (Wildman–Crippen LogP) is 3.11. The topological polar surface area (TPSA) is 53.1 Å². The molecule has 0 aliphatic carbocycles. The van der Waals surface area contributed by atoms with E-state index in [0.29, 0.717) is 23.8 Å². The molecule has 0 bridgehead atoms. The number of hydrogen-bond donors (Lipinski definition) is 0. The number of rotatable bonds is 4. The second-order valence-electron chi connectivity index (χ2n) is 7.44. The van der Waals surface area contributed by atoms with Crippen LogP contribution >= 0.6 is 11.6 Å². The Kier molecular flexibility index (Phi) is 5.48. The average molecular weight is 414 g/mol. The van der Waals surface area contributed by atoms with Crippen molar-refractivity contribution in [2.24, 2.45) is 0 Å². The molecule has 1 atom stereocenters. The monoisotopic (exact) mass is 413 g/mol. The summed E-state index contributed by atoms with van der Waals surface area (Å²) in [5.74, 6) is 0.456. The first-order chi connectivity index (χ1) is 14.0. The zero-order chi connectivity index (χ0) is 20.5. The second kappa shape index (κ2) is 8.05. The lowest BCUT2D eigenvalue weighted by atomic mass is 10.1. The summed E-state index contributed by atoms with van der Waals surface area (Å²) in [6.45, 7) is 4.87. The highest BCUT2D eigenvalue weighted by molar-refractivity contribution is 6.36. The smallest absolute Gasteiger partial charge is 0.251 e. The Morgan fingerprint density at radius 1 is 1.00 bits per heavy atom. The van der Waals surface area contributed by atoms with Crippen molar-refractivity contribution in [3.05, 3.63) is 53.1 Å². The molecule has 0 N–H and O–H groups in total. The second-order valence-corrected chi connectivity index (χ2v) is 7.84. The van der Waals surface area contributed by atoms with Crippen molar-refractivity contribution in [2.45, 2.75) is 19.4 Å². The SMILES string of the molecule is COc1ccccc1N1CCN([C@@H]2CC(=O)N(c3ccc(C)cc3Cl)C2=O)CC1. The van der Waals surface area contributed by atoms with Gasteiger partial charge >= 0.3 is 0 Å².